The maximum Gasteiger partial charge on any atom is 0.311 e. The monoisotopic (exact) mass is 485 g/mol. The second-order valence-corrected chi connectivity index (χ2v) is 7.75. The quantitative estimate of drug-likeness (QED) is 0.223. The highest BCUT2D eigenvalue weighted by Crippen LogP contribution is 2.31. The Bertz CT molecular complexity index is 1340. The van der Waals surface area contributed by atoms with Gasteiger partial charge in [-0.25, -0.2) is 19.9 Å². The number of aromatic nitrogens is 5. The van der Waals surface area contributed by atoms with E-state index in [1.165, 1.54) is 12.1 Å². The number of hydrogen-bond donors (Lipinski definition) is 4. The van der Waals surface area contributed by atoms with Gasteiger partial charge in [-0.15, -0.1) is 0 Å². The third-order valence-electron chi connectivity index (χ3n) is 4.70. The van der Waals surface area contributed by atoms with Gasteiger partial charge in [-0.1, -0.05) is 23.2 Å². The molecule has 0 fully saturated rings. The molecule has 3 aromatic heterocycles. The molecule has 13 heteroatoms. The SMILES string of the molecule is Nc1ncc(CCNc2ccc([N+](=O)[O-])c(N)n2)c(-c2ncc(-c3ccc(Cl)cc3Cl)[nH]2)n1. The summed E-state index contributed by atoms with van der Waals surface area (Å²) in [6.45, 7) is 0.432. The van der Waals surface area contributed by atoms with Gasteiger partial charge >= 0.3 is 5.69 Å². The molecule has 3 heterocycles. The van der Waals surface area contributed by atoms with E-state index in [-0.39, 0.29) is 17.5 Å². The van der Waals surface area contributed by atoms with E-state index in [1.807, 2.05) is 0 Å². The zero-order valence-electron chi connectivity index (χ0n) is 16.9. The third kappa shape index (κ3) is 4.94. The van der Waals surface area contributed by atoms with Crippen LogP contribution in [-0.2, 0) is 6.42 Å². The molecule has 0 radical (unpaired) electrons. The molecule has 4 aromatic rings. The molecular formula is C20H17Cl2N9O2. The zero-order valence-corrected chi connectivity index (χ0v) is 18.4. The molecule has 0 saturated carbocycles. The van der Waals surface area contributed by atoms with Crippen molar-refractivity contribution in [2.75, 3.05) is 23.3 Å². The first-order valence-electron chi connectivity index (χ1n) is 9.59. The Hall–Kier alpha value is -3.96. The molecule has 33 heavy (non-hydrogen) atoms. The molecule has 0 saturated heterocycles. The van der Waals surface area contributed by atoms with Crippen LogP contribution in [0.5, 0.6) is 0 Å². The highest BCUT2D eigenvalue weighted by molar-refractivity contribution is 6.36. The topological polar surface area (TPSA) is 175 Å². The van der Waals surface area contributed by atoms with E-state index in [0.29, 0.717) is 46.0 Å². The molecule has 0 aliphatic heterocycles. The number of anilines is 3. The molecule has 0 aliphatic rings. The van der Waals surface area contributed by atoms with Crippen LogP contribution < -0.4 is 16.8 Å². The number of imidazole rings is 1. The fourth-order valence-corrected chi connectivity index (χ4v) is 3.65. The van der Waals surface area contributed by atoms with Crippen molar-refractivity contribution < 1.29 is 4.92 Å². The molecule has 0 bridgehead atoms. The van der Waals surface area contributed by atoms with Gasteiger partial charge in [0.15, 0.2) is 5.82 Å². The molecular weight excluding hydrogens is 469 g/mol. The third-order valence-corrected chi connectivity index (χ3v) is 5.25. The predicted molar refractivity (Wildman–Crippen MR) is 127 cm³/mol. The summed E-state index contributed by atoms with van der Waals surface area (Å²) in [5.74, 6) is 0.853. The molecule has 11 nitrogen and oxygen atoms in total. The van der Waals surface area contributed by atoms with Crippen LogP contribution in [0.15, 0.2) is 42.7 Å². The number of H-pyrrole nitrogens is 1. The van der Waals surface area contributed by atoms with Crippen molar-refractivity contribution in [2.24, 2.45) is 0 Å². The van der Waals surface area contributed by atoms with E-state index in [0.717, 1.165) is 11.1 Å². The Balaban J connectivity index is 1.53. The number of nitrogens with one attached hydrogen (secondary N) is 2. The number of rotatable bonds is 7. The molecule has 0 amide bonds. The zero-order chi connectivity index (χ0) is 23.5. The van der Waals surface area contributed by atoms with Crippen molar-refractivity contribution in [3.8, 4) is 22.8 Å². The standard InChI is InChI=1S/C20H17Cl2N9O2/c21-11-1-2-12(13(22)7-11)14-9-26-19(28-14)17-10(8-27-20(24)30-17)5-6-25-16-4-3-15(31(32)33)18(23)29-16/h1-4,7-9H,5-6H2,(H,26,28)(H3,23,25,29)(H2,24,27,30). The normalized spacial score (nSPS) is 10.8. The predicted octanol–water partition coefficient (Wildman–Crippen LogP) is 3.96. The fourth-order valence-electron chi connectivity index (χ4n) is 3.14. The van der Waals surface area contributed by atoms with Gasteiger partial charge in [0.2, 0.25) is 11.8 Å². The van der Waals surface area contributed by atoms with Crippen molar-refractivity contribution in [1.29, 1.82) is 0 Å². The Morgan fingerprint density at radius 3 is 2.64 bits per heavy atom. The summed E-state index contributed by atoms with van der Waals surface area (Å²) in [6.07, 6.45) is 3.76. The maximum absolute atomic E-state index is 10.9. The van der Waals surface area contributed by atoms with Crippen LogP contribution in [0.3, 0.4) is 0 Å². The van der Waals surface area contributed by atoms with E-state index in [4.69, 9.17) is 34.7 Å². The summed E-state index contributed by atoms with van der Waals surface area (Å²) < 4.78 is 0. The van der Waals surface area contributed by atoms with E-state index in [2.05, 4.69) is 30.2 Å². The molecule has 168 valence electrons. The molecule has 4 rings (SSSR count). The Kier molecular flexibility index (Phi) is 6.24. The lowest BCUT2D eigenvalue weighted by molar-refractivity contribution is -0.384. The summed E-state index contributed by atoms with van der Waals surface area (Å²) >= 11 is 12.3. The van der Waals surface area contributed by atoms with Gasteiger partial charge in [0.1, 0.15) is 11.5 Å². The summed E-state index contributed by atoms with van der Waals surface area (Å²) in [7, 11) is 0. The van der Waals surface area contributed by atoms with Crippen LogP contribution in [-0.4, -0.2) is 36.4 Å². The number of aromatic amines is 1. The van der Waals surface area contributed by atoms with Gasteiger partial charge < -0.3 is 21.8 Å². The van der Waals surface area contributed by atoms with Crippen LogP contribution in [0.1, 0.15) is 5.56 Å². The smallest absolute Gasteiger partial charge is 0.311 e. The second-order valence-electron chi connectivity index (χ2n) is 6.91. The lowest BCUT2D eigenvalue weighted by Crippen LogP contribution is -2.10. The highest BCUT2D eigenvalue weighted by Gasteiger charge is 2.16. The second kappa shape index (κ2) is 9.27. The Morgan fingerprint density at radius 1 is 1.09 bits per heavy atom. The fraction of sp³-hybridized carbons (Fsp3) is 0.100. The average molecular weight is 486 g/mol. The Labute approximate surface area is 197 Å². The van der Waals surface area contributed by atoms with Crippen LogP contribution in [0.25, 0.3) is 22.8 Å². The number of halogens is 2. The average Bonchev–Trinajstić information content (AvgIpc) is 3.24. The van der Waals surface area contributed by atoms with Crippen LogP contribution in [0.4, 0.5) is 23.3 Å². The largest absolute Gasteiger partial charge is 0.378 e. The van der Waals surface area contributed by atoms with Crippen molar-refractivity contribution in [2.45, 2.75) is 6.42 Å². The van der Waals surface area contributed by atoms with E-state index in [1.54, 1.807) is 30.6 Å². The molecule has 6 N–H and O–H groups in total. The Morgan fingerprint density at radius 2 is 1.91 bits per heavy atom. The van der Waals surface area contributed by atoms with Crippen molar-refractivity contribution in [3.63, 3.8) is 0 Å². The minimum Gasteiger partial charge on any atom is -0.378 e. The highest BCUT2D eigenvalue weighted by atomic mass is 35.5. The first-order valence-corrected chi connectivity index (χ1v) is 10.3. The number of nitrogens with zero attached hydrogens (tertiary/aromatic N) is 5. The van der Waals surface area contributed by atoms with Crippen molar-refractivity contribution in [1.82, 2.24) is 24.9 Å². The van der Waals surface area contributed by atoms with E-state index >= 15 is 0 Å². The van der Waals surface area contributed by atoms with Gasteiger partial charge in [0, 0.05) is 35.0 Å². The molecule has 0 aliphatic carbocycles. The minimum atomic E-state index is -0.584. The van der Waals surface area contributed by atoms with Crippen LogP contribution in [0.2, 0.25) is 10.0 Å². The van der Waals surface area contributed by atoms with Crippen LogP contribution in [0, 0.1) is 10.1 Å². The van der Waals surface area contributed by atoms with Gasteiger partial charge in [-0.2, -0.15) is 0 Å². The van der Waals surface area contributed by atoms with Gasteiger partial charge in [-0.05, 0) is 30.7 Å². The molecule has 0 spiro atoms. The van der Waals surface area contributed by atoms with E-state index < -0.39 is 4.92 Å². The first kappa shape index (κ1) is 22.2. The number of nitrogens with two attached hydrogens (primary N) is 2. The summed E-state index contributed by atoms with van der Waals surface area (Å²) in [5.41, 5.74) is 13.9. The van der Waals surface area contributed by atoms with Gasteiger partial charge in [0.25, 0.3) is 0 Å². The molecule has 1 aromatic carbocycles. The molecule has 0 atom stereocenters. The number of nitro groups is 1. The summed E-state index contributed by atoms with van der Waals surface area (Å²) in [6, 6.07) is 7.97. The van der Waals surface area contributed by atoms with E-state index in [9.17, 15) is 10.1 Å². The van der Waals surface area contributed by atoms with Crippen molar-refractivity contribution >= 4 is 46.5 Å². The molecule has 0 unspecified atom stereocenters. The number of nitrogen functional groups attached to an aromatic ring is 2. The number of hydrogen-bond acceptors (Lipinski definition) is 9. The summed E-state index contributed by atoms with van der Waals surface area (Å²) in [4.78, 5) is 30.3. The maximum atomic E-state index is 10.9. The number of pyridine rings is 1. The summed E-state index contributed by atoms with van der Waals surface area (Å²) in [5, 5.41) is 15.0. The minimum absolute atomic E-state index is 0.106. The van der Waals surface area contributed by atoms with Crippen molar-refractivity contribution in [3.05, 3.63) is 68.4 Å². The first-order chi connectivity index (χ1) is 15.8. The number of benzene rings is 1. The lowest BCUT2D eigenvalue weighted by Gasteiger charge is -2.09. The van der Waals surface area contributed by atoms with Crippen LogP contribution >= 0.6 is 23.2 Å². The van der Waals surface area contributed by atoms with Gasteiger partial charge in [-0.3, -0.25) is 10.1 Å². The lowest BCUT2D eigenvalue weighted by atomic mass is 10.1. The van der Waals surface area contributed by atoms with Gasteiger partial charge in [0.05, 0.1) is 21.8 Å².